The average Bonchev–Trinajstić information content (AvgIpc) is 3.46. The van der Waals surface area contributed by atoms with Gasteiger partial charge in [0.15, 0.2) is 17.5 Å². The van der Waals surface area contributed by atoms with Crippen molar-refractivity contribution >= 4 is 29.9 Å². The molecule has 2 aromatic carbocycles. The Morgan fingerprint density at radius 1 is 1.06 bits per heavy atom. The minimum absolute atomic E-state index is 0. The first-order valence-electron chi connectivity index (χ1n) is 11.0. The Hall–Kier alpha value is -2.40. The van der Waals surface area contributed by atoms with E-state index in [2.05, 4.69) is 38.7 Å². The van der Waals surface area contributed by atoms with E-state index in [9.17, 15) is 0 Å². The van der Waals surface area contributed by atoms with Gasteiger partial charge in [0.05, 0.1) is 14.2 Å². The molecule has 2 aromatic rings. The number of benzene rings is 2. The van der Waals surface area contributed by atoms with Crippen LogP contribution in [-0.4, -0.2) is 64.6 Å². The van der Waals surface area contributed by atoms with Gasteiger partial charge < -0.3 is 29.6 Å². The Morgan fingerprint density at radius 2 is 1.82 bits per heavy atom. The number of rotatable bonds is 8. The van der Waals surface area contributed by atoms with Crippen LogP contribution < -0.4 is 29.6 Å². The fourth-order valence-electron chi connectivity index (χ4n) is 4.12. The highest BCUT2D eigenvalue weighted by molar-refractivity contribution is 14.0. The molecule has 33 heavy (non-hydrogen) atoms. The molecule has 180 valence electrons. The molecular formula is C24H33IN4O4. The van der Waals surface area contributed by atoms with Gasteiger partial charge in [0.25, 0.3) is 0 Å². The van der Waals surface area contributed by atoms with Gasteiger partial charge in [-0.25, -0.2) is 0 Å². The standard InChI is InChI=1S/C24H32N4O4.HI/c1-25-24(26-8-6-17-4-5-22-23(12-17)32-16-31-22)27-19-7-9-28(15-19)14-18-10-20(29-2)13-21(11-18)30-3;/h4-5,10-13,19H,6-9,14-16H2,1-3H3,(H2,25,26,27);1H. The van der Waals surface area contributed by atoms with Crippen LogP contribution in [0.2, 0.25) is 0 Å². The molecule has 0 aromatic heterocycles. The number of likely N-dealkylation sites (tertiary alicyclic amines) is 1. The molecule has 9 heteroatoms. The van der Waals surface area contributed by atoms with E-state index < -0.39 is 0 Å². The summed E-state index contributed by atoms with van der Waals surface area (Å²) in [5, 5.41) is 6.98. The lowest BCUT2D eigenvalue weighted by Gasteiger charge is -2.19. The molecule has 1 saturated heterocycles. The molecular weight excluding hydrogens is 535 g/mol. The lowest BCUT2D eigenvalue weighted by molar-refractivity contribution is 0.174. The van der Waals surface area contributed by atoms with E-state index >= 15 is 0 Å². The highest BCUT2D eigenvalue weighted by atomic mass is 127. The van der Waals surface area contributed by atoms with Gasteiger partial charge in [-0.15, -0.1) is 24.0 Å². The molecule has 0 bridgehead atoms. The van der Waals surface area contributed by atoms with Gasteiger partial charge in [-0.3, -0.25) is 9.89 Å². The highest BCUT2D eigenvalue weighted by Crippen LogP contribution is 2.32. The maximum Gasteiger partial charge on any atom is 0.231 e. The van der Waals surface area contributed by atoms with Crippen molar-refractivity contribution in [1.82, 2.24) is 15.5 Å². The molecule has 8 nitrogen and oxygen atoms in total. The summed E-state index contributed by atoms with van der Waals surface area (Å²) < 4.78 is 21.6. The summed E-state index contributed by atoms with van der Waals surface area (Å²) in [5.41, 5.74) is 2.39. The normalized spacial score (nSPS) is 17.4. The van der Waals surface area contributed by atoms with E-state index in [1.165, 1.54) is 11.1 Å². The van der Waals surface area contributed by atoms with Gasteiger partial charge >= 0.3 is 0 Å². The van der Waals surface area contributed by atoms with E-state index in [1.807, 2.05) is 25.2 Å². The van der Waals surface area contributed by atoms with Crippen molar-refractivity contribution in [2.24, 2.45) is 4.99 Å². The van der Waals surface area contributed by atoms with Crippen LogP contribution in [0.5, 0.6) is 23.0 Å². The number of ether oxygens (including phenoxy) is 4. The fraction of sp³-hybridized carbons (Fsp3) is 0.458. The second kappa shape index (κ2) is 12.2. The van der Waals surface area contributed by atoms with E-state index in [1.54, 1.807) is 14.2 Å². The number of nitrogens with zero attached hydrogens (tertiary/aromatic N) is 2. The molecule has 1 unspecified atom stereocenters. The Kier molecular flexibility index (Phi) is 9.30. The van der Waals surface area contributed by atoms with Crippen LogP contribution in [0, 0.1) is 0 Å². The first-order chi connectivity index (χ1) is 15.7. The minimum atomic E-state index is 0. The maximum atomic E-state index is 5.46. The second-order valence-corrected chi connectivity index (χ2v) is 8.02. The molecule has 2 N–H and O–H groups in total. The van der Waals surface area contributed by atoms with Crippen molar-refractivity contribution in [1.29, 1.82) is 0 Å². The summed E-state index contributed by atoms with van der Waals surface area (Å²) in [6, 6.07) is 12.5. The number of nitrogens with one attached hydrogen (secondary N) is 2. The van der Waals surface area contributed by atoms with Crippen molar-refractivity contribution in [3.8, 4) is 23.0 Å². The first-order valence-corrected chi connectivity index (χ1v) is 11.0. The van der Waals surface area contributed by atoms with Crippen molar-refractivity contribution in [3.05, 3.63) is 47.5 Å². The van der Waals surface area contributed by atoms with Gasteiger partial charge in [0.1, 0.15) is 11.5 Å². The number of guanidine groups is 1. The number of fused-ring (bicyclic) bond motifs is 1. The second-order valence-electron chi connectivity index (χ2n) is 8.02. The smallest absolute Gasteiger partial charge is 0.231 e. The van der Waals surface area contributed by atoms with Crippen molar-refractivity contribution in [3.63, 3.8) is 0 Å². The van der Waals surface area contributed by atoms with Crippen LogP contribution in [0.3, 0.4) is 0 Å². The number of hydrogen-bond acceptors (Lipinski definition) is 6. The maximum absolute atomic E-state index is 5.46. The van der Waals surface area contributed by atoms with Gasteiger partial charge in [-0.05, 0) is 48.2 Å². The van der Waals surface area contributed by atoms with E-state index in [0.29, 0.717) is 12.8 Å². The van der Waals surface area contributed by atoms with E-state index in [0.717, 1.165) is 68.0 Å². The number of aliphatic imine (C=N–C) groups is 1. The molecule has 2 aliphatic heterocycles. The Balaban J connectivity index is 0.00000306. The third kappa shape index (κ3) is 6.80. The summed E-state index contributed by atoms with van der Waals surface area (Å²) >= 11 is 0. The summed E-state index contributed by atoms with van der Waals surface area (Å²) in [4.78, 5) is 6.83. The fourth-order valence-corrected chi connectivity index (χ4v) is 4.12. The molecule has 0 amide bonds. The van der Waals surface area contributed by atoms with Crippen LogP contribution >= 0.6 is 24.0 Å². The molecule has 2 heterocycles. The first kappa shape index (κ1) is 25.2. The zero-order valence-electron chi connectivity index (χ0n) is 19.4. The van der Waals surface area contributed by atoms with E-state index in [4.69, 9.17) is 18.9 Å². The lowest BCUT2D eigenvalue weighted by Crippen LogP contribution is -2.45. The summed E-state index contributed by atoms with van der Waals surface area (Å²) in [5.74, 6) is 4.11. The van der Waals surface area contributed by atoms with Crippen molar-refractivity contribution in [2.75, 3.05) is 47.7 Å². The van der Waals surface area contributed by atoms with Gasteiger partial charge in [-0.2, -0.15) is 0 Å². The van der Waals surface area contributed by atoms with Crippen LogP contribution in [0.1, 0.15) is 17.5 Å². The third-order valence-electron chi connectivity index (χ3n) is 5.80. The average molecular weight is 568 g/mol. The lowest BCUT2D eigenvalue weighted by atomic mass is 10.1. The van der Waals surface area contributed by atoms with Crippen molar-refractivity contribution < 1.29 is 18.9 Å². The molecule has 4 rings (SSSR count). The minimum Gasteiger partial charge on any atom is -0.497 e. The third-order valence-corrected chi connectivity index (χ3v) is 5.80. The molecule has 2 aliphatic rings. The summed E-state index contributed by atoms with van der Waals surface area (Å²) in [6.45, 7) is 3.95. The predicted molar refractivity (Wildman–Crippen MR) is 139 cm³/mol. The number of hydrogen-bond donors (Lipinski definition) is 2. The monoisotopic (exact) mass is 568 g/mol. The number of methoxy groups -OCH3 is 2. The Bertz CT molecular complexity index is 934. The molecule has 1 fully saturated rings. The van der Waals surface area contributed by atoms with E-state index in [-0.39, 0.29) is 24.0 Å². The van der Waals surface area contributed by atoms with Gasteiger partial charge in [0, 0.05) is 45.3 Å². The number of halogens is 1. The van der Waals surface area contributed by atoms with Crippen LogP contribution in [-0.2, 0) is 13.0 Å². The topological polar surface area (TPSA) is 76.6 Å². The van der Waals surface area contributed by atoms with Crippen LogP contribution in [0.25, 0.3) is 0 Å². The predicted octanol–water partition coefficient (Wildman–Crippen LogP) is 3.03. The van der Waals surface area contributed by atoms with Crippen LogP contribution in [0.15, 0.2) is 41.4 Å². The molecule has 0 aliphatic carbocycles. The molecule has 0 saturated carbocycles. The van der Waals surface area contributed by atoms with Crippen LogP contribution in [0.4, 0.5) is 0 Å². The van der Waals surface area contributed by atoms with Gasteiger partial charge in [0.2, 0.25) is 6.79 Å². The summed E-state index contributed by atoms with van der Waals surface area (Å²) in [6.07, 6.45) is 1.95. The summed E-state index contributed by atoms with van der Waals surface area (Å²) in [7, 11) is 5.17. The SMILES string of the molecule is CN=C(NCCc1ccc2c(c1)OCO2)NC1CCN(Cc2cc(OC)cc(OC)c2)C1.I. The Morgan fingerprint density at radius 3 is 2.55 bits per heavy atom. The highest BCUT2D eigenvalue weighted by Gasteiger charge is 2.23. The zero-order valence-corrected chi connectivity index (χ0v) is 21.8. The zero-order chi connectivity index (χ0) is 22.3. The molecule has 0 spiro atoms. The van der Waals surface area contributed by atoms with Crippen molar-refractivity contribution in [2.45, 2.75) is 25.4 Å². The molecule has 1 atom stereocenters. The molecule has 0 radical (unpaired) electrons. The van der Waals surface area contributed by atoms with Gasteiger partial charge in [-0.1, -0.05) is 6.07 Å². The Labute approximate surface area is 212 Å². The largest absolute Gasteiger partial charge is 0.497 e. The quantitative estimate of drug-likeness (QED) is 0.288.